The summed E-state index contributed by atoms with van der Waals surface area (Å²) in [6.45, 7) is 5.77. The number of aromatic nitrogens is 1. The number of aliphatic hydroxyl groups excluding tert-OH is 1. The van der Waals surface area contributed by atoms with E-state index in [9.17, 15) is 5.11 Å². The molecule has 1 aliphatic rings. The van der Waals surface area contributed by atoms with Crippen LogP contribution in [-0.4, -0.2) is 29.3 Å². The van der Waals surface area contributed by atoms with Crippen LogP contribution in [0, 0.1) is 5.92 Å². The number of nitrogens with zero attached hydrogens (tertiary/aromatic N) is 2. The molecule has 2 atom stereocenters. The highest BCUT2D eigenvalue weighted by Crippen LogP contribution is 2.28. The molecule has 0 aromatic carbocycles. The first-order valence-electron chi connectivity index (χ1n) is 6.73. The highest BCUT2D eigenvalue weighted by atomic mass is 16.3. The molecule has 0 spiro atoms. The lowest BCUT2D eigenvalue weighted by atomic mass is 9.92. The van der Waals surface area contributed by atoms with Crippen molar-refractivity contribution in [1.29, 1.82) is 0 Å². The van der Waals surface area contributed by atoms with E-state index in [4.69, 9.17) is 5.73 Å². The fourth-order valence-electron chi connectivity index (χ4n) is 2.62. The molecule has 1 aliphatic heterocycles. The first-order chi connectivity index (χ1) is 8.59. The lowest BCUT2D eigenvalue weighted by Gasteiger charge is -2.35. The van der Waals surface area contributed by atoms with Crippen LogP contribution in [0.1, 0.15) is 38.3 Å². The van der Waals surface area contributed by atoms with E-state index in [1.54, 1.807) is 0 Å². The number of hydrogen-bond donors (Lipinski definition) is 2. The van der Waals surface area contributed by atoms with E-state index in [1.807, 2.05) is 32.2 Å². The third-order valence-corrected chi connectivity index (χ3v) is 3.83. The average Bonchev–Trinajstić information content (AvgIpc) is 2.39. The van der Waals surface area contributed by atoms with E-state index >= 15 is 0 Å². The van der Waals surface area contributed by atoms with Crippen LogP contribution in [0.5, 0.6) is 0 Å². The Kier molecular flexibility index (Phi) is 4.19. The van der Waals surface area contributed by atoms with E-state index in [-0.39, 0.29) is 12.1 Å². The summed E-state index contributed by atoms with van der Waals surface area (Å²) in [6, 6.07) is 3.99. The van der Waals surface area contributed by atoms with Crippen molar-refractivity contribution >= 4 is 5.82 Å². The van der Waals surface area contributed by atoms with Crippen LogP contribution in [-0.2, 0) is 0 Å². The van der Waals surface area contributed by atoms with E-state index in [2.05, 4.69) is 9.88 Å². The van der Waals surface area contributed by atoms with Crippen LogP contribution < -0.4 is 10.6 Å². The Morgan fingerprint density at radius 3 is 2.61 bits per heavy atom. The first kappa shape index (κ1) is 13.3. The number of rotatable bonds is 3. The van der Waals surface area contributed by atoms with Gasteiger partial charge >= 0.3 is 0 Å². The second-order valence-electron chi connectivity index (χ2n) is 5.27. The predicted molar refractivity (Wildman–Crippen MR) is 73.5 cm³/mol. The van der Waals surface area contributed by atoms with Gasteiger partial charge in [0.1, 0.15) is 5.82 Å². The van der Waals surface area contributed by atoms with Crippen molar-refractivity contribution in [1.82, 2.24) is 4.98 Å². The quantitative estimate of drug-likeness (QED) is 0.856. The third-order valence-electron chi connectivity index (χ3n) is 3.83. The molecule has 3 N–H and O–H groups in total. The van der Waals surface area contributed by atoms with Gasteiger partial charge < -0.3 is 15.7 Å². The zero-order valence-corrected chi connectivity index (χ0v) is 11.2. The highest BCUT2D eigenvalue weighted by molar-refractivity contribution is 5.48. The van der Waals surface area contributed by atoms with Crippen molar-refractivity contribution in [2.24, 2.45) is 11.7 Å². The maximum Gasteiger partial charge on any atom is 0.133 e. The standard InChI is InChI=1S/C14H23N3O/c1-10(15)13-4-3-7-16-14(13)17-8-5-12(6-9-17)11(2)18/h3-4,7,10-12,18H,5-6,8-9,15H2,1-2H3. The molecule has 2 unspecified atom stereocenters. The minimum absolute atomic E-state index is 0.00295. The average molecular weight is 249 g/mol. The Bertz CT molecular complexity index is 384. The van der Waals surface area contributed by atoms with Gasteiger partial charge in [-0.25, -0.2) is 4.98 Å². The fraction of sp³-hybridized carbons (Fsp3) is 0.643. The Hall–Kier alpha value is -1.13. The minimum Gasteiger partial charge on any atom is -0.393 e. The molecule has 4 heteroatoms. The van der Waals surface area contributed by atoms with Crippen LogP contribution in [0.4, 0.5) is 5.82 Å². The summed E-state index contributed by atoms with van der Waals surface area (Å²) in [5, 5.41) is 9.62. The van der Waals surface area contributed by atoms with Crippen molar-refractivity contribution in [3.05, 3.63) is 23.9 Å². The molecule has 100 valence electrons. The second kappa shape index (κ2) is 5.67. The van der Waals surface area contributed by atoms with Crippen molar-refractivity contribution in [3.63, 3.8) is 0 Å². The molecule has 0 amide bonds. The number of pyridine rings is 1. The van der Waals surface area contributed by atoms with Gasteiger partial charge in [-0.15, -0.1) is 0 Å². The van der Waals surface area contributed by atoms with Gasteiger partial charge in [-0.2, -0.15) is 0 Å². The summed E-state index contributed by atoms with van der Waals surface area (Å²) < 4.78 is 0. The van der Waals surface area contributed by atoms with Crippen molar-refractivity contribution < 1.29 is 5.11 Å². The normalized spacial score (nSPS) is 20.8. The van der Waals surface area contributed by atoms with Crippen molar-refractivity contribution in [3.8, 4) is 0 Å². The van der Waals surface area contributed by atoms with Gasteiger partial charge in [0, 0.05) is 30.9 Å². The molecule has 2 rings (SSSR count). The minimum atomic E-state index is -0.205. The second-order valence-corrected chi connectivity index (χ2v) is 5.27. The molecule has 2 heterocycles. The molecule has 1 saturated heterocycles. The first-order valence-corrected chi connectivity index (χ1v) is 6.73. The van der Waals surface area contributed by atoms with Crippen LogP contribution in [0.3, 0.4) is 0 Å². The molecular formula is C14H23N3O. The largest absolute Gasteiger partial charge is 0.393 e. The van der Waals surface area contributed by atoms with Crippen LogP contribution >= 0.6 is 0 Å². The summed E-state index contributed by atoms with van der Waals surface area (Å²) in [5.41, 5.74) is 7.09. The van der Waals surface area contributed by atoms with Crippen LogP contribution in [0.25, 0.3) is 0 Å². The van der Waals surface area contributed by atoms with Gasteiger partial charge in [0.2, 0.25) is 0 Å². The van der Waals surface area contributed by atoms with Gasteiger partial charge in [-0.05, 0) is 38.7 Å². The summed E-state index contributed by atoms with van der Waals surface area (Å²) in [6.07, 6.45) is 3.66. The number of piperidine rings is 1. The number of nitrogens with two attached hydrogens (primary N) is 1. The summed E-state index contributed by atoms with van der Waals surface area (Å²) >= 11 is 0. The topological polar surface area (TPSA) is 62.4 Å². The smallest absolute Gasteiger partial charge is 0.133 e. The molecule has 1 fully saturated rings. The predicted octanol–water partition coefficient (Wildman–Crippen LogP) is 1.70. The molecule has 1 aromatic heterocycles. The maximum atomic E-state index is 9.62. The third kappa shape index (κ3) is 2.82. The van der Waals surface area contributed by atoms with E-state index in [1.165, 1.54) is 0 Å². The van der Waals surface area contributed by atoms with Crippen molar-refractivity contribution in [2.45, 2.75) is 38.8 Å². The molecule has 18 heavy (non-hydrogen) atoms. The van der Waals surface area contributed by atoms with Gasteiger partial charge in [0.25, 0.3) is 0 Å². The monoisotopic (exact) mass is 249 g/mol. The summed E-state index contributed by atoms with van der Waals surface area (Å²) in [4.78, 5) is 6.77. The zero-order chi connectivity index (χ0) is 13.1. The maximum absolute atomic E-state index is 9.62. The molecule has 0 aliphatic carbocycles. The Labute approximate surface area is 109 Å². The molecule has 0 bridgehead atoms. The Morgan fingerprint density at radius 2 is 2.06 bits per heavy atom. The SMILES string of the molecule is CC(N)c1cccnc1N1CCC(C(C)O)CC1. The van der Waals surface area contributed by atoms with Gasteiger partial charge in [-0.3, -0.25) is 0 Å². The fourth-order valence-corrected chi connectivity index (χ4v) is 2.62. The lowest BCUT2D eigenvalue weighted by Crippen LogP contribution is -2.38. The van der Waals surface area contributed by atoms with Crippen molar-refractivity contribution in [2.75, 3.05) is 18.0 Å². The van der Waals surface area contributed by atoms with Crippen LogP contribution in [0.15, 0.2) is 18.3 Å². The molecule has 1 aromatic rings. The van der Waals surface area contributed by atoms with E-state index in [0.717, 1.165) is 37.3 Å². The molecule has 4 nitrogen and oxygen atoms in total. The number of anilines is 1. The zero-order valence-electron chi connectivity index (χ0n) is 11.2. The van der Waals surface area contributed by atoms with Crippen LogP contribution in [0.2, 0.25) is 0 Å². The van der Waals surface area contributed by atoms with E-state index < -0.39 is 0 Å². The Balaban J connectivity index is 2.10. The van der Waals surface area contributed by atoms with E-state index in [0.29, 0.717) is 5.92 Å². The number of hydrogen-bond acceptors (Lipinski definition) is 4. The molecular weight excluding hydrogens is 226 g/mol. The molecule has 0 saturated carbocycles. The molecule has 0 radical (unpaired) electrons. The Morgan fingerprint density at radius 1 is 1.39 bits per heavy atom. The highest BCUT2D eigenvalue weighted by Gasteiger charge is 2.24. The van der Waals surface area contributed by atoms with Gasteiger partial charge in [-0.1, -0.05) is 6.07 Å². The number of aliphatic hydroxyl groups is 1. The van der Waals surface area contributed by atoms with Gasteiger partial charge in [0.15, 0.2) is 0 Å². The van der Waals surface area contributed by atoms with Gasteiger partial charge in [0.05, 0.1) is 6.10 Å². The lowest BCUT2D eigenvalue weighted by molar-refractivity contribution is 0.109. The summed E-state index contributed by atoms with van der Waals surface area (Å²) in [5.74, 6) is 1.43. The summed E-state index contributed by atoms with van der Waals surface area (Å²) in [7, 11) is 0.